The summed E-state index contributed by atoms with van der Waals surface area (Å²) < 4.78 is 0. The molecule has 1 rings (SSSR count). The Kier molecular flexibility index (Phi) is 5.12. The molecular weight excluding hydrogens is 232 g/mol. The summed E-state index contributed by atoms with van der Waals surface area (Å²) in [5.41, 5.74) is 1.88. The van der Waals surface area contributed by atoms with Gasteiger partial charge in [-0.15, -0.1) is 0 Å². The molecule has 1 aromatic rings. The average molecular weight is 252 g/mol. The number of carboxylic acid groups (broad SMARTS) is 1. The van der Waals surface area contributed by atoms with Crippen LogP contribution in [0.1, 0.15) is 17.2 Å². The lowest BCUT2D eigenvalue weighted by Crippen LogP contribution is -2.29. The summed E-state index contributed by atoms with van der Waals surface area (Å²) in [5, 5.41) is 18.6. The normalized spacial score (nSPS) is 12.5. The highest BCUT2D eigenvalue weighted by Crippen LogP contribution is 2.15. The van der Waals surface area contributed by atoms with Gasteiger partial charge in [-0.05, 0) is 25.2 Å². The summed E-state index contributed by atoms with van der Waals surface area (Å²) in [5.74, 6) is 0. The van der Waals surface area contributed by atoms with Crippen LogP contribution < -0.4 is 0 Å². The molecule has 100 valence electrons. The van der Waals surface area contributed by atoms with Gasteiger partial charge in [-0.1, -0.05) is 24.3 Å². The highest BCUT2D eigenvalue weighted by Gasteiger charge is 2.13. The molecule has 0 aliphatic heterocycles. The molecule has 5 nitrogen and oxygen atoms in total. The lowest BCUT2D eigenvalue weighted by atomic mass is 10.1. The van der Waals surface area contributed by atoms with Gasteiger partial charge in [0.25, 0.3) is 0 Å². The molecule has 0 saturated carbocycles. The van der Waals surface area contributed by atoms with Gasteiger partial charge in [0.2, 0.25) is 0 Å². The highest BCUT2D eigenvalue weighted by molar-refractivity contribution is 5.64. The number of rotatable bonds is 5. The summed E-state index contributed by atoms with van der Waals surface area (Å²) in [6.07, 6.45) is -1.84. The predicted octanol–water partition coefficient (Wildman–Crippen LogP) is 1.39. The van der Waals surface area contributed by atoms with E-state index in [1.54, 1.807) is 0 Å². The van der Waals surface area contributed by atoms with E-state index in [2.05, 4.69) is 4.90 Å². The Morgan fingerprint density at radius 1 is 1.22 bits per heavy atom. The van der Waals surface area contributed by atoms with Crippen molar-refractivity contribution >= 4 is 6.09 Å². The standard InChI is InChI=1S/C13H20N2O3/c1-14(2)8-10-4-6-11(7-5-10)12(16)9-15(3)13(17)18/h4-7,12,16H,8-9H2,1-3H3,(H,17,18). The quantitative estimate of drug-likeness (QED) is 0.831. The van der Waals surface area contributed by atoms with Crippen molar-refractivity contribution in [3.05, 3.63) is 35.4 Å². The van der Waals surface area contributed by atoms with Gasteiger partial charge >= 0.3 is 6.09 Å². The minimum Gasteiger partial charge on any atom is -0.465 e. The first-order chi connectivity index (χ1) is 8.40. The van der Waals surface area contributed by atoms with Crippen molar-refractivity contribution < 1.29 is 15.0 Å². The molecule has 0 radical (unpaired) electrons. The molecule has 0 aliphatic rings. The monoisotopic (exact) mass is 252 g/mol. The zero-order valence-electron chi connectivity index (χ0n) is 11.0. The fourth-order valence-corrected chi connectivity index (χ4v) is 1.65. The molecule has 0 heterocycles. The van der Waals surface area contributed by atoms with E-state index in [0.717, 1.165) is 22.6 Å². The van der Waals surface area contributed by atoms with E-state index >= 15 is 0 Å². The van der Waals surface area contributed by atoms with E-state index < -0.39 is 12.2 Å². The van der Waals surface area contributed by atoms with Crippen LogP contribution in [0.2, 0.25) is 0 Å². The molecule has 5 heteroatoms. The summed E-state index contributed by atoms with van der Waals surface area (Å²) in [6.45, 7) is 0.910. The lowest BCUT2D eigenvalue weighted by molar-refractivity contribution is 0.108. The Labute approximate surface area is 107 Å². The van der Waals surface area contributed by atoms with Crippen LogP contribution in [0.4, 0.5) is 4.79 Å². The second-order valence-corrected chi connectivity index (χ2v) is 4.66. The Morgan fingerprint density at radius 2 is 1.78 bits per heavy atom. The second-order valence-electron chi connectivity index (χ2n) is 4.66. The minimum absolute atomic E-state index is 0.0718. The van der Waals surface area contributed by atoms with Crippen LogP contribution in [0.5, 0.6) is 0 Å². The van der Waals surface area contributed by atoms with E-state index in [1.165, 1.54) is 7.05 Å². The lowest BCUT2D eigenvalue weighted by Gasteiger charge is -2.18. The second kappa shape index (κ2) is 6.37. The summed E-state index contributed by atoms with van der Waals surface area (Å²) in [4.78, 5) is 13.8. The summed E-state index contributed by atoms with van der Waals surface area (Å²) >= 11 is 0. The molecule has 0 spiro atoms. The van der Waals surface area contributed by atoms with Crippen molar-refractivity contribution in [1.82, 2.24) is 9.80 Å². The number of aliphatic hydroxyl groups is 1. The van der Waals surface area contributed by atoms with Crippen LogP contribution in [0, 0.1) is 0 Å². The minimum atomic E-state index is -1.04. The van der Waals surface area contributed by atoms with Gasteiger partial charge in [0, 0.05) is 13.6 Å². The molecule has 0 aliphatic carbocycles. The van der Waals surface area contributed by atoms with Crippen molar-refractivity contribution in [3.8, 4) is 0 Å². The van der Waals surface area contributed by atoms with E-state index in [0.29, 0.717) is 0 Å². The van der Waals surface area contributed by atoms with Gasteiger partial charge < -0.3 is 20.0 Å². The Balaban J connectivity index is 2.64. The molecule has 0 aromatic heterocycles. The van der Waals surface area contributed by atoms with Gasteiger partial charge in [0.1, 0.15) is 0 Å². The molecule has 0 fully saturated rings. The Morgan fingerprint density at radius 3 is 2.22 bits per heavy atom. The van der Waals surface area contributed by atoms with E-state index in [9.17, 15) is 9.90 Å². The van der Waals surface area contributed by atoms with E-state index in [4.69, 9.17) is 5.11 Å². The topological polar surface area (TPSA) is 64.0 Å². The first kappa shape index (κ1) is 14.5. The maximum Gasteiger partial charge on any atom is 0.407 e. The third kappa shape index (κ3) is 4.35. The van der Waals surface area contributed by atoms with Crippen LogP contribution in [-0.2, 0) is 6.54 Å². The molecule has 1 amide bonds. The predicted molar refractivity (Wildman–Crippen MR) is 69.4 cm³/mol. The van der Waals surface area contributed by atoms with Crippen LogP contribution in [0.25, 0.3) is 0 Å². The molecule has 0 saturated heterocycles. The van der Waals surface area contributed by atoms with Gasteiger partial charge in [-0.2, -0.15) is 0 Å². The van der Waals surface area contributed by atoms with E-state index in [-0.39, 0.29) is 6.54 Å². The number of aliphatic hydroxyl groups excluding tert-OH is 1. The number of hydrogen-bond donors (Lipinski definition) is 2. The van der Waals surface area contributed by atoms with Crippen molar-refractivity contribution in [2.75, 3.05) is 27.7 Å². The van der Waals surface area contributed by atoms with Crippen molar-refractivity contribution in [3.63, 3.8) is 0 Å². The third-order valence-corrected chi connectivity index (χ3v) is 2.64. The van der Waals surface area contributed by atoms with Crippen LogP contribution in [-0.4, -0.2) is 53.8 Å². The van der Waals surface area contributed by atoms with Crippen molar-refractivity contribution in [2.24, 2.45) is 0 Å². The fourth-order valence-electron chi connectivity index (χ4n) is 1.65. The average Bonchev–Trinajstić information content (AvgIpc) is 2.28. The molecule has 0 bridgehead atoms. The highest BCUT2D eigenvalue weighted by atomic mass is 16.4. The number of likely N-dealkylation sites (N-methyl/N-ethyl adjacent to an activating group) is 1. The number of carbonyl (C=O) groups is 1. The fraction of sp³-hybridized carbons (Fsp3) is 0.462. The van der Waals surface area contributed by atoms with Gasteiger partial charge in [0.15, 0.2) is 0 Å². The Hall–Kier alpha value is -1.59. The van der Waals surface area contributed by atoms with Crippen molar-refractivity contribution in [2.45, 2.75) is 12.6 Å². The molecule has 18 heavy (non-hydrogen) atoms. The SMILES string of the molecule is CN(C)Cc1ccc(C(O)CN(C)C(=O)O)cc1. The smallest absolute Gasteiger partial charge is 0.407 e. The number of nitrogens with zero attached hydrogens (tertiary/aromatic N) is 2. The molecule has 1 aromatic carbocycles. The zero-order valence-corrected chi connectivity index (χ0v) is 11.0. The van der Waals surface area contributed by atoms with Crippen LogP contribution >= 0.6 is 0 Å². The summed E-state index contributed by atoms with van der Waals surface area (Å²) in [6, 6.07) is 7.55. The maximum atomic E-state index is 10.7. The summed E-state index contributed by atoms with van der Waals surface area (Å²) in [7, 11) is 5.42. The largest absolute Gasteiger partial charge is 0.465 e. The zero-order chi connectivity index (χ0) is 13.7. The Bertz CT molecular complexity index is 390. The molecule has 1 atom stereocenters. The van der Waals surface area contributed by atoms with Gasteiger partial charge in [-0.25, -0.2) is 4.79 Å². The van der Waals surface area contributed by atoms with Crippen LogP contribution in [0.15, 0.2) is 24.3 Å². The molecule has 2 N–H and O–H groups in total. The number of hydrogen-bond acceptors (Lipinski definition) is 3. The maximum absolute atomic E-state index is 10.7. The third-order valence-electron chi connectivity index (χ3n) is 2.64. The molecular formula is C13H20N2O3. The first-order valence-corrected chi connectivity index (χ1v) is 5.76. The number of benzene rings is 1. The number of amides is 1. The van der Waals surface area contributed by atoms with Crippen LogP contribution in [0.3, 0.4) is 0 Å². The first-order valence-electron chi connectivity index (χ1n) is 5.76. The van der Waals surface area contributed by atoms with Gasteiger partial charge in [-0.3, -0.25) is 0 Å². The molecule has 1 unspecified atom stereocenters. The van der Waals surface area contributed by atoms with Gasteiger partial charge in [0.05, 0.1) is 12.6 Å². The van der Waals surface area contributed by atoms with E-state index in [1.807, 2.05) is 38.4 Å². The van der Waals surface area contributed by atoms with Crippen molar-refractivity contribution in [1.29, 1.82) is 0 Å².